The summed E-state index contributed by atoms with van der Waals surface area (Å²) in [5.41, 5.74) is 8.24. The minimum atomic E-state index is -0.205. The molecule has 0 bridgehead atoms. The summed E-state index contributed by atoms with van der Waals surface area (Å²) in [4.78, 5) is 0. The van der Waals surface area contributed by atoms with Gasteiger partial charge in [0.15, 0.2) is 0 Å². The van der Waals surface area contributed by atoms with Crippen molar-refractivity contribution in [2.45, 2.75) is 25.8 Å². The van der Waals surface area contributed by atoms with Gasteiger partial charge in [-0.25, -0.2) is 0 Å². The Kier molecular flexibility index (Phi) is 2.80. The number of rotatable bonds is 2. The molecule has 0 saturated carbocycles. The molecule has 86 valence electrons. The molecule has 0 spiro atoms. The zero-order chi connectivity index (χ0) is 11.9. The smallest absolute Gasteiger partial charge is 0.136 e. The van der Waals surface area contributed by atoms with E-state index in [-0.39, 0.29) is 5.54 Å². The zero-order valence-electron chi connectivity index (χ0n) is 9.79. The highest BCUT2D eigenvalue weighted by atomic mass is 79.9. The molecule has 16 heavy (non-hydrogen) atoms. The van der Waals surface area contributed by atoms with Crippen LogP contribution in [0.5, 0.6) is 0 Å². The summed E-state index contributed by atoms with van der Waals surface area (Å²) >= 11 is 3.50. The molecule has 0 radical (unpaired) electrons. The van der Waals surface area contributed by atoms with Gasteiger partial charge in [0, 0.05) is 18.0 Å². The Labute approximate surface area is 104 Å². The van der Waals surface area contributed by atoms with Crippen molar-refractivity contribution >= 4 is 26.8 Å². The van der Waals surface area contributed by atoms with E-state index >= 15 is 0 Å². The van der Waals surface area contributed by atoms with Crippen LogP contribution in [0.2, 0.25) is 0 Å². The van der Waals surface area contributed by atoms with Crippen molar-refractivity contribution in [3.05, 3.63) is 28.4 Å². The minimum Gasteiger partial charge on any atom is -0.325 e. The molecule has 1 aromatic heterocycles. The quantitative estimate of drug-likeness (QED) is 0.920. The third-order valence-electron chi connectivity index (χ3n) is 2.57. The van der Waals surface area contributed by atoms with Crippen LogP contribution in [0.15, 0.2) is 22.8 Å². The second-order valence-corrected chi connectivity index (χ2v) is 5.64. The first-order valence-electron chi connectivity index (χ1n) is 5.27. The highest BCUT2D eigenvalue weighted by Crippen LogP contribution is 2.28. The van der Waals surface area contributed by atoms with E-state index in [1.165, 1.54) is 10.9 Å². The SMILES string of the molecule is Cn1nc(Br)c2c(CC(C)(C)N)cccc21. The molecule has 2 rings (SSSR count). The third kappa shape index (κ3) is 2.13. The van der Waals surface area contributed by atoms with Gasteiger partial charge in [0.1, 0.15) is 4.60 Å². The monoisotopic (exact) mass is 281 g/mol. The van der Waals surface area contributed by atoms with Crippen LogP contribution < -0.4 is 5.73 Å². The van der Waals surface area contributed by atoms with E-state index in [2.05, 4.69) is 39.2 Å². The van der Waals surface area contributed by atoms with Gasteiger partial charge in [-0.15, -0.1) is 0 Å². The van der Waals surface area contributed by atoms with Crippen LogP contribution >= 0.6 is 15.9 Å². The summed E-state index contributed by atoms with van der Waals surface area (Å²) in [5, 5.41) is 5.54. The fourth-order valence-corrected chi connectivity index (χ4v) is 2.66. The molecular weight excluding hydrogens is 266 g/mol. The molecule has 0 amide bonds. The summed E-state index contributed by atoms with van der Waals surface area (Å²) in [6.07, 6.45) is 0.842. The van der Waals surface area contributed by atoms with Crippen LogP contribution in [0.25, 0.3) is 10.9 Å². The number of fused-ring (bicyclic) bond motifs is 1. The van der Waals surface area contributed by atoms with Crippen LogP contribution in [0, 0.1) is 0 Å². The number of hydrogen-bond acceptors (Lipinski definition) is 2. The standard InChI is InChI=1S/C12H16BrN3/c1-12(2,14)7-8-5-4-6-9-10(8)11(13)15-16(9)3/h4-6H,7,14H2,1-3H3. The Hall–Kier alpha value is -0.870. The number of benzene rings is 1. The Morgan fingerprint density at radius 1 is 1.44 bits per heavy atom. The lowest BCUT2D eigenvalue weighted by molar-refractivity contribution is 0.518. The van der Waals surface area contributed by atoms with Gasteiger partial charge in [-0.3, -0.25) is 4.68 Å². The maximum atomic E-state index is 6.07. The van der Waals surface area contributed by atoms with Crippen molar-refractivity contribution in [3.8, 4) is 0 Å². The molecule has 0 atom stereocenters. The summed E-state index contributed by atoms with van der Waals surface area (Å²) in [7, 11) is 1.95. The van der Waals surface area contributed by atoms with Gasteiger partial charge in [-0.2, -0.15) is 5.10 Å². The molecule has 2 aromatic rings. The van der Waals surface area contributed by atoms with Crippen molar-refractivity contribution in [1.82, 2.24) is 9.78 Å². The summed E-state index contributed by atoms with van der Waals surface area (Å²) in [6, 6.07) is 6.24. The van der Waals surface area contributed by atoms with Crippen LogP contribution in [-0.2, 0) is 13.5 Å². The summed E-state index contributed by atoms with van der Waals surface area (Å²) in [5.74, 6) is 0. The highest BCUT2D eigenvalue weighted by Gasteiger charge is 2.16. The number of hydrogen-bond donors (Lipinski definition) is 1. The second-order valence-electron chi connectivity index (χ2n) is 4.89. The van der Waals surface area contributed by atoms with Gasteiger partial charge in [0.25, 0.3) is 0 Å². The second kappa shape index (κ2) is 3.86. The van der Waals surface area contributed by atoms with Gasteiger partial charge in [0.05, 0.1) is 5.52 Å². The molecule has 3 nitrogen and oxygen atoms in total. The van der Waals surface area contributed by atoms with Crippen LogP contribution in [-0.4, -0.2) is 15.3 Å². The van der Waals surface area contributed by atoms with E-state index in [0.29, 0.717) is 0 Å². The molecule has 0 saturated heterocycles. The molecule has 1 aromatic carbocycles. The van der Waals surface area contributed by atoms with Gasteiger partial charge in [0.2, 0.25) is 0 Å². The van der Waals surface area contributed by atoms with Crippen molar-refractivity contribution in [2.75, 3.05) is 0 Å². The maximum absolute atomic E-state index is 6.07. The lowest BCUT2D eigenvalue weighted by Gasteiger charge is -2.18. The average Bonchev–Trinajstić information content (AvgIpc) is 2.41. The van der Waals surface area contributed by atoms with Crippen molar-refractivity contribution in [1.29, 1.82) is 0 Å². The Morgan fingerprint density at radius 2 is 2.12 bits per heavy atom. The molecule has 2 N–H and O–H groups in total. The molecule has 0 aliphatic heterocycles. The van der Waals surface area contributed by atoms with E-state index in [0.717, 1.165) is 16.5 Å². The number of aryl methyl sites for hydroxylation is 1. The molecule has 0 aliphatic carbocycles. The van der Waals surface area contributed by atoms with Crippen molar-refractivity contribution < 1.29 is 0 Å². The largest absolute Gasteiger partial charge is 0.325 e. The predicted octanol–water partition coefficient (Wildman–Crippen LogP) is 2.62. The molecule has 0 fully saturated rings. The molecule has 0 aliphatic rings. The maximum Gasteiger partial charge on any atom is 0.136 e. The first-order valence-corrected chi connectivity index (χ1v) is 6.07. The zero-order valence-corrected chi connectivity index (χ0v) is 11.4. The predicted molar refractivity (Wildman–Crippen MR) is 70.4 cm³/mol. The van der Waals surface area contributed by atoms with Crippen LogP contribution in [0.1, 0.15) is 19.4 Å². The van der Waals surface area contributed by atoms with E-state index in [1.807, 2.05) is 25.6 Å². The Bertz CT molecular complexity index is 523. The normalized spacial score (nSPS) is 12.3. The van der Waals surface area contributed by atoms with Gasteiger partial charge < -0.3 is 5.73 Å². The van der Waals surface area contributed by atoms with E-state index in [1.54, 1.807) is 0 Å². The highest BCUT2D eigenvalue weighted by molar-refractivity contribution is 9.10. The average molecular weight is 282 g/mol. The minimum absolute atomic E-state index is 0.205. The summed E-state index contributed by atoms with van der Waals surface area (Å²) in [6.45, 7) is 4.08. The molecular formula is C12H16BrN3. The molecule has 0 unspecified atom stereocenters. The number of aromatic nitrogens is 2. The van der Waals surface area contributed by atoms with E-state index in [4.69, 9.17) is 5.73 Å². The lowest BCUT2D eigenvalue weighted by Crippen LogP contribution is -2.34. The molecule has 1 heterocycles. The summed E-state index contributed by atoms with van der Waals surface area (Å²) < 4.78 is 2.77. The number of halogens is 1. The first kappa shape index (κ1) is 11.6. The Balaban J connectivity index is 2.62. The van der Waals surface area contributed by atoms with Gasteiger partial charge in [-0.1, -0.05) is 12.1 Å². The topological polar surface area (TPSA) is 43.8 Å². The number of nitrogens with two attached hydrogens (primary N) is 1. The fraction of sp³-hybridized carbons (Fsp3) is 0.417. The number of nitrogens with zero attached hydrogens (tertiary/aromatic N) is 2. The lowest BCUT2D eigenvalue weighted by atomic mass is 9.94. The third-order valence-corrected chi connectivity index (χ3v) is 3.12. The van der Waals surface area contributed by atoms with E-state index < -0.39 is 0 Å². The van der Waals surface area contributed by atoms with E-state index in [9.17, 15) is 0 Å². The van der Waals surface area contributed by atoms with Crippen molar-refractivity contribution in [3.63, 3.8) is 0 Å². The fourth-order valence-electron chi connectivity index (χ4n) is 1.97. The molecule has 4 heteroatoms. The van der Waals surface area contributed by atoms with Crippen molar-refractivity contribution in [2.24, 2.45) is 12.8 Å². The van der Waals surface area contributed by atoms with Crippen LogP contribution in [0.3, 0.4) is 0 Å². The van der Waals surface area contributed by atoms with Gasteiger partial charge >= 0.3 is 0 Å². The van der Waals surface area contributed by atoms with Gasteiger partial charge in [-0.05, 0) is 47.8 Å². The van der Waals surface area contributed by atoms with Crippen LogP contribution in [0.4, 0.5) is 0 Å². The first-order chi connectivity index (χ1) is 7.38. The Morgan fingerprint density at radius 3 is 2.75 bits per heavy atom.